The largest absolute Gasteiger partial charge is 0.459 e. The van der Waals surface area contributed by atoms with Crippen molar-refractivity contribution in [3.8, 4) is 0 Å². The molecule has 4 rings (SSSR count). The summed E-state index contributed by atoms with van der Waals surface area (Å²) in [5.41, 5.74) is 1.57. The summed E-state index contributed by atoms with van der Waals surface area (Å²) in [5, 5.41) is 0. The first-order valence-corrected chi connectivity index (χ1v) is 10.8. The first-order valence-electron chi connectivity index (χ1n) is 10.8. The van der Waals surface area contributed by atoms with Crippen LogP contribution < -0.4 is 9.80 Å². The van der Waals surface area contributed by atoms with Gasteiger partial charge >= 0.3 is 12.1 Å². The molecule has 8 heteroatoms. The van der Waals surface area contributed by atoms with Crippen LogP contribution in [0.5, 0.6) is 0 Å². The van der Waals surface area contributed by atoms with E-state index in [0.717, 1.165) is 42.3 Å². The summed E-state index contributed by atoms with van der Waals surface area (Å²) in [7, 11) is 0. The molecule has 0 aromatic heterocycles. The van der Waals surface area contributed by atoms with Gasteiger partial charge in [0.15, 0.2) is 0 Å². The lowest BCUT2D eigenvalue weighted by atomic mass is 10.0. The molecule has 0 spiro atoms. The molecule has 0 N–H and O–H groups in total. The van der Waals surface area contributed by atoms with Crippen molar-refractivity contribution in [2.45, 2.75) is 38.6 Å². The number of halogens is 3. The maximum atomic E-state index is 13.0. The van der Waals surface area contributed by atoms with Gasteiger partial charge < -0.3 is 14.5 Å². The van der Waals surface area contributed by atoms with E-state index in [1.54, 1.807) is 0 Å². The smallest absolute Gasteiger partial charge is 0.416 e. The van der Waals surface area contributed by atoms with Crippen LogP contribution in [0, 0.1) is 0 Å². The highest BCUT2D eigenvalue weighted by atomic mass is 19.4. The van der Waals surface area contributed by atoms with Gasteiger partial charge in [-0.1, -0.05) is 12.1 Å². The second-order valence-electron chi connectivity index (χ2n) is 9.31. The molecule has 2 aromatic rings. The monoisotopic (exact) mass is 447 g/mol. The number of esters is 1. The summed E-state index contributed by atoms with van der Waals surface area (Å²) < 4.78 is 44.5. The molecule has 2 heterocycles. The molecule has 5 nitrogen and oxygen atoms in total. The highest BCUT2D eigenvalue weighted by Gasteiger charge is 2.36. The number of para-hydroxylation sites is 2. The van der Waals surface area contributed by atoms with Crippen LogP contribution in [0.15, 0.2) is 48.5 Å². The summed E-state index contributed by atoms with van der Waals surface area (Å²) in [6.45, 7) is 8.58. The first-order chi connectivity index (χ1) is 15.0. The highest BCUT2D eigenvalue weighted by Crippen LogP contribution is 2.41. The molecule has 1 atom stereocenters. The van der Waals surface area contributed by atoms with E-state index in [1.165, 1.54) is 12.1 Å². The summed E-state index contributed by atoms with van der Waals surface area (Å²) in [5.74, 6) is -0.248. The zero-order valence-corrected chi connectivity index (χ0v) is 18.5. The third-order valence-corrected chi connectivity index (χ3v) is 5.72. The third-order valence-electron chi connectivity index (χ3n) is 5.72. The van der Waals surface area contributed by atoms with Gasteiger partial charge in [0, 0.05) is 31.9 Å². The lowest BCUT2D eigenvalue weighted by molar-refractivity contribution is -0.156. The summed E-state index contributed by atoms with van der Waals surface area (Å²) in [6, 6.07) is 13.4. The molecule has 2 aromatic carbocycles. The van der Waals surface area contributed by atoms with Crippen LogP contribution in [0.1, 0.15) is 26.3 Å². The number of rotatable bonds is 3. The van der Waals surface area contributed by atoms with E-state index in [1.807, 2.05) is 45.0 Å². The average Bonchev–Trinajstić information content (AvgIpc) is 2.71. The number of hydrogen-bond acceptors (Lipinski definition) is 5. The molecule has 32 heavy (non-hydrogen) atoms. The van der Waals surface area contributed by atoms with E-state index in [0.29, 0.717) is 13.1 Å². The van der Waals surface area contributed by atoms with Crippen LogP contribution in [0.2, 0.25) is 0 Å². The Kier molecular flexibility index (Phi) is 5.83. The quantitative estimate of drug-likeness (QED) is 0.638. The number of piperazine rings is 1. The molecule has 2 aliphatic heterocycles. The van der Waals surface area contributed by atoms with Gasteiger partial charge in [-0.2, -0.15) is 13.2 Å². The van der Waals surface area contributed by atoms with Crippen molar-refractivity contribution >= 4 is 23.0 Å². The fourth-order valence-electron chi connectivity index (χ4n) is 4.41. The predicted octanol–water partition coefficient (Wildman–Crippen LogP) is 4.69. The highest BCUT2D eigenvalue weighted by molar-refractivity contribution is 5.80. The minimum absolute atomic E-state index is 0.100. The Morgan fingerprint density at radius 1 is 0.969 bits per heavy atom. The first kappa shape index (κ1) is 22.5. The van der Waals surface area contributed by atoms with Crippen molar-refractivity contribution < 1.29 is 22.7 Å². The molecule has 0 saturated carbocycles. The van der Waals surface area contributed by atoms with E-state index in [4.69, 9.17) is 4.74 Å². The zero-order chi connectivity index (χ0) is 23.1. The van der Waals surface area contributed by atoms with E-state index >= 15 is 0 Å². The predicted molar refractivity (Wildman–Crippen MR) is 118 cm³/mol. The number of alkyl halides is 3. The average molecular weight is 448 g/mol. The number of benzene rings is 2. The lowest BCUT2D eigenvalue weighted by Crippen LogP contribution is -2.60. The van der Waals surface area contributed by atoms with Gasteiger partial charge in [-0.3, -0.25) is 9.69 Å². The third kappa shape index (κ3) is 4.85. The number of anilines is 3. The molecule has 172 valence electrons. The van der Waals surface area contributed by atoms with Gasteiger partial charge in [-0.05, 0) is 57.2 Å². The van der Waals surface area contributed by atoms with Crippen LogP contribution in [-0.4, -0.2) is 55.2 Å². The van der Waals surface area contributed by atoms with E-state index in [9.17, 15) is 18.0 Å². The zero-order valence-electron chi connectivity index (χ0n) is 18.5. The molecular weight excluding hydrogens is 419 g/mol. The van der Waals surface area contributed by atoms with Crippen molar-refractivity contribution in [1.82, 2.24) is 4.90 Å². The second-order valence-corrected chi connectivity index (χ2v) is 9.31. The summed E-state index contributed by atoms with van der Waals surface area (Å²) >= 11 is 0. The fourth-order valence-corrected chi connectivity index (χ4v) is 4.41. The maximum Gasteiger partial charge on any atom is 0.416 e. The Bertz CT molecular complexity index is 970. The van der Waals surface area contributed by atoms with Crippen LogP contribution in [-0.2, 0) is 15.7 Å². The standard InChI is InChI=1S/C24H28F3N3O2/c1-23(2,3)32-22(31)16-28-12-13-29-19(14-28)15-30(21-7-5-4-6-20(21)29)18-10-8-17(9-11-18)24(25,26)27/h4-11,19H,12-16H2,1-3H3. The van der Waals surface area contributed by atoms with Crippen LogP contribution in [0.4, 0.5) is 30.2 Å². The molecule has 2 aliphatic rings. The van der Waals surface area contributed by atoms with Crippen molar-refractivity contribution in [2.24, 2.45) is 0 Å². The Morgan fingerprint density at radius 3 is 2.25 bits per heavy atom. The molecular formula is C24H28F3N3O2. The van der Waals surface area contributed by atoms with Crippen LogP contribution >= 0.6 is 0 Å². The second kappa shape index (κ2) is 8.31. The summed E-state index contributed by atoms with van der Waals surface area (Å²) in [6.07, 6.45) is -4.36. The molecule has 0 radical (unpaired) electrons. The summed E-state index contributed by atoms with van der Waals surface area (Å²) in [4.78, 5) is 18.8. The maximum absolute atomic E-state index is 13.0. The number of nitrogens with zero attached hydrogens (tertiary/aromatic N) is 3. The minimum atomic E-state index is -4.36. The Morgan fingerprint density at radius 2 is 1.62 bits per heavy atom. The topological polar surface area (TPSA) is 36.0 Å². The Hall–Kier alpha value is -2.74. The Balaban J connectivity index is 1.55. The van der Waals surface area contributed by atoms with Gasteiger partial charge in [0.05, 0.1) is 29.5 Å². The van der Waals surface area contributed by atoms with E-state index in [-0.39, 0.29) is 18.6 Å². The molecule has 0 amide bonds. The fraction of sp³-hybridized carbons (Fsp3) is 0.458. The molecule has 0 bridgehead atoms. The molecule has 1 unspecified atom stereocenters. The SMILES string of the molecule is CC(C)(C)OC(=O)CN1CCN2c3ccccc3N(c3ccc(C(F)(F)F)cc3)CC2C1. The van der Waals surface area contributed by atoms with Crippen molar-refractivity contribution in [3.63, 3.8) is 0 Å². The normalized spacial score (nSPS) is 19.4. The van der Waals surface area contributed by atoms with Crippen molar-refractivity contribution in [2.75, 3.05) is 42.5 Å². The van der Waals surface area contributed by atoms with Gasteiger partial charge in [0.25, 0.3) is 0 Å². The lowest BCUT2D eigenvalue weighted by Gasteiger charge is -2.49. The number of ether oxygens (including phenoxy) is 1. The number of fused-ring (bicyclic) bond motifs is 3. The van der Waals surface area contributed by atoms with E-state index < -0.39 is 17.3 Å². The van der Waals surface area contributed by atoms with Gasteiger partial charge in [0.1, 0.15) is 5.60 Å². The van der Waals surface area contributed by atoms with Crippen LogP contribution in [0.25, 0.3) is 0 Å². The van der Waals surface area contributed by atoms with Gasteiger partial charge in [0.2, 0.25) is 0 Å². The van der Waals surface area contributed by atoms with Crippen molar-refractivity contribution in [3.05, 3.63) is 54.1 Å². The number of carbonyl (C=O) groups is 1. The van der Waals surface area contributed by atoms with Gasteiger partial charge in [-0.15, -0.1) is 0 Å². The van der Waals surface area contributed by atoms with Crippen LogP contribution in [0.3, 0.4) is 0 Å². The molecule has 1 fully saturated rings. The van der Waals surface area contributed by atoms with Crippen molar-refractivity contribution in [1.29, 1.82) is 0 Å². The number of carbonyl (C=O) groups excluding carboxylic acids is 1. The molecule has 0 aliphatic carbocycles. The number of hydrogen-bond donors (Lipinski definition) is 0. The minimum Gasteiger partial charge on any atom is -0.459 e. The van der Waals surface area contributed by atoms with E-state index in [2.05, 4.69) is 14.7 Å². The molecule has 1 saturated heterocycles. The Labute approximate surface area is 186 Å². The van der Waals surface area contributed by atoms with Gasteiger partial charge in [-0.25, -0.2) is 0 Å².